The van der Waals surface area contributed by atoms with Crippen molar-refractivity contribution in [3.05, 3.63) is 24.3 Å². The van der Waals surface area contributed by atoms with Gasteiger partial charge in [-0.3, -0.25) is 4.79 Å². The Kier molecular flexibility index (Phi) is 16.1. The largest absolute Gasteiger partial charge is 0.566 e. The van der Waals surface area contributed by atoms with Crippen LogP contribution in [-0.4, -0.2) is 61.9 Å². The van der Waals surface area contributed by atoms with Gasteiger partial charge in [0.2, 0.25) is 5.91 Å². The van der Waals surface area contributed by atoms with Gasteiger partial charge in [0.15, 0.2) is 0 Å². The number of rotatable bonds is 17. The SMILES string of the molecule is CCCCCC=CCC=CCC(=O)NCCC[N+](C)(C)CC(O)CO[P+](=O)[O-]. The Morgan fingerprint density at radius 2 is 1.93 bits per heavy atom. The number of unbranched alkanes of at least 4 members (excludes halogenated alkanes) is 3. The number of hydrogen-bond acceptors (Lipinski definition) is 5. The highest BCUT2D eigenvalue weighted by Crippen LogP contribution is 2.10. The quantitative estimate of drug-likeness (QED) is 0.164. The maximum Gasteiger partial charge on any atom is 0.488 e. The zero-order valence-corrected chi connectivity index (χ0v) is 18.5. The second-order valence-corrected chi connectivity index (χ2v) is 8.30. The standard InChI is InChI=1S/C20H37N2O5P/c1-4-5-6-7-8-9-10-11-12-14-20(24)21-15-13-16-22(2,3)17-19(23)18-27-28(25)26/h8-9,11-12,19,23H,4-7,10,13-18H2,1-3H3/p+1. The summed E-state index contributed by atoms with van der Waals surface area (Å²) in [6.07, 6.45) is 14.3. The van der Waals surface area contributed by atoms with E-state index < -0.39 is 14.4 Å². The Morgan fingerprint density at radius 3 is 2.61 bits per heavy atom. The van der Waals surface area contributed by atoms with Gasteiger partial charge in [0.1, 0.15) is 19.3 Å². The van der Waals surface area contributed by atoms with Gasteiger partial charge >= 0.3 is 8.25 Å². The van der Waals surface area contributed by atoms with Crippen LogP contribution in [0.5, 0.6) is 0 Å². The fourth-order valence-corrected chi connectivity index (χ4v) is 3.05. The molecule has 8 heteroatoms. The van der Waals surface area contributed by atoms with E-state index in [0.717, 1.165) is 25.8 Å². The molecule has 0 spiro atoms. The molecule has 0 rings (SSSR count). The van der Waals surface area contributed by atoms with Gasteiger partial charge in [-0.1, -0.05) is 44.1 Å². The third kappa shape index (κ3) is 18.3. The third-order valence-electron chi connectivity index (χ3n) is 4.22. The molecule has 0 aromatic heterocycles. The average Bonchev–Trinajstić information content (AvgIpc) is 2.62. The molecule has 0 aromatic carbocycles. The lowest BCUT2D eigenvalue weighted by Crippen LogP contribution is -2.47. The number of hydrogen-bond donors (Lipinski definition) is 2. The molecule has 0 saturated heterocycles. The Balaban J connectivity index is 3.79. The maximum absolute atomic E-state index is 11.8. The molecule has 0 aliphatic carbocycles. The summed E-state index contributed by atoms with van der Waals surface area (Å²) in [5.74, 6) is 0.00108. The highest BCUT2D eigenvalue weighted by atomic mass is 31.1. The highest BCUT2D eigenvalue weighted by molar-refractivity contribution is 7.30. The minimum Gasteiger partial charge on any atom is -0.566 e. The van der Waals surface area contributed by atoms with E-state index >= 15 is 0 Å². The van der Waals surface area contributed by atoms with Crippen LogP contribution in [0.15, 0.2) is 24.3 Å². The van der Waals surface area contributed by atoms with Crippen LogP contribution in [0, 0.1) is 0 Å². The van der Waals surface area contributed by atoms with E-state index in [1.54, 1.807) is 0 Å². The number of nitrogens with one attached hydrogen (secondary N) is 1. The molecule has 28 heavy (non-hydrogen) atoms. The number of allylic oxidation sites excluding steroid dienone is 3. The molecular weight excluding hydrogens is 379 g/mol. The van der Waals surface area contributed by atoms with Crippen molar-refractivity contribution in [2.24, 2.45) is 0 Å². The molecule has 0 aromatic rings. The van der Waals surface area contributed by atoms with E-state index in [-0.39, 0.29) is 12.5 Å². The lowest BCUT2D eigenvalue weighted by atomic mass is 10.2. The summed E-state index contributed by atoms with van der Waals surface area (Å²) in [7, 11) is 0.959. The summed E-state index contributed by atoms with van der Waals surface area (Å²) in [5.41, 5.74) is 0. The monoisotopic (exact) mass is 417 g/mol. The minimum absolute atomic E-state index is 0.00108. The predicted molar refractivity (Wildman–Crippen MR) is 111 cm³/mol. The van der Waals surface area contributed by atoms with Crippen LogP contribution >= 0.6 is 8.25 Å². The summed E-state index contributed by atoms with van der Waals surface area (Å²) >= 11 is 0. The van der Waals surface area contributed by atoms with Crippen LogP contribution in [-0.2, 0) is 13.9 Å². The first-order valence-electron chi connectivity index (χ1n) is 10.1. The van der Waals surface area contributed by atoms with E-state index in [1.165, 1.54) is 19.3 Å². The molecule has 1 amide bonds. The van der Waals surface area contributed by atoms with Gasteiger partial charge in [0.05, 0.1) is 20.6 Å². The van der Waals surface area contributed by atoms with Gasteiger partial charge in [-0.15, -0.1) is 4.52 Å². The first kappa shape index (κ1) is 26.9. The molecule has 0 aliphatic rings. The van der Waals surface area contributed by atoms with Gasteiger partial charge < -0.3 is 19.8 Å². The molecule has 0 heterocycles. The van der Waals surface area contributed by atoms with Crippen LogP contribution in [0.3, 0.4) is 0 Å². The molecular formula is C20H38N2O5P+. The number of aliphatic hydroxyl groups is 1. The van der Waals surface area contributed by atoms with Crippen LogP contribution in [0.25, 0.3) is 0 Å². The first-order chi connectivity index (χ1) is 13.3. The molecule has 0 radical (unpaired) electrons. The van der Waals surface area contributed by atoms with Crippen molar-refractivity contribution in [1.82, 2.24) is 5.32 Å². The van der Waals surface area contributed by atoms with Crippen molar-refractivity contribution in [3.8, 4) is 0 Å². The summed E-state index contributed by atoms with van der Waals surface area (Å²) in [6.45, 7) is 3.68. The molecule has 0 bridgehead atoms. The molecule has 7 nitrogen and oxygen atoms in total. The van der Waals surface area contributed by atoms with Gasteiger partial charge in [-0.2, -0.15) is 0 Å². The van der Waals surface area contributed by atoms with Crippen molar-refractivity contribution in [3.63, 3.8) is 0 Å². The summed E-state index contributed by atoms with van der Waals surface area (Å²) in [4.78, 5) is 22.2. The van der Waals surface area contributed by atoms with E-state index in [9.17, 15) is 19.4 Å². The van der Waals surface area contributed by atoms with E-state index in [2.05, 4.69) is 28.9 Å². The maximum atomic E-state index is 11.8. The lowest BCUT2D eigenvalue weighted by molar-refractivity contribution is -0.893. The number of amides is 1. The Hall–Kier alpha value is -1.11. The normalized spacial score (nSPS) is 14.0. The summed E-state index contributed by atoms with van der Waals surface area (Å²) in [6, 6.07) is 0. The second kappa shape index (κ2) is 16.8. The minimum atomic E-state index is -2.93. The molecule has 0 saturated carbocycles. The highest BCUT2D eigenvalue weighted by Gasteiger charge is 2.22. The van der Waals surface area contributed by atoms with Gasteiger partial charge in [0, 0.05) is 19.4 Å². The molecule has 2 atom stereocenters. The van der Waals surface area contributed by atoms with Crippen molar-refractivity contribution in [2.75, 3.05) is 40.3 Å². The Bertz CT molecular complexity index is 495. The lowest BCUT2D eigenvalue weighted by Gasteiger charge is -2.31. The topological polar surface area (TPSA) is 98.7 Å². The third-order valence-corrected chi connectivity index (χ3v) is 4.58. The second-order valence-electron chi connectivity index (χ2n) is 7.60. The van der Waals surface area contributed by atoms with Gasteiger partial charge in [-0.05, 0) is 23.8 Å². The molecule has 2 N–H and O–H groups in total. The van der Waals surface area contributed by atoms with Crippen molar-refractivity contribution in [2.45, 2.75) is 58.0 Å². The van der Waals surface area contributed by atoms with E-state index in [0.29, 0.717) is 24.0 Å². The fraction of sp³-hybridized carbons (Fsp3) is 0.750. The smallest absolute Gasteiger partial charge is 0.488 e. The zero-order chi connectivity index (χ0) is 21.3. The van der Waals surface area contributed by atoms with Crippen LogP contribution in [0.2, 0.25) is 0 Å². The average molecular weight is 418 g/mol. The summed E-state index contributed by atoms with van der Waals surface area (Å²) in [5, 5.41) is 12.7. The first-order valence-corrected chi connectivity index (χ1v) is 11.2. The Morgan fingerprint density at radius 1 is 1.21 bits per heavy atom. The van der Waals surface area contributed by atoms with Gasteiger partial charge in [-0.25, -0.2) is 0 Å². The molecule has 0 aliphatic heterocycles. The van der Waals surface area contributed by atoms with Crippen LogP contribution in [0.4, 0.5) is 0 Å². The van der Waals surface area contributed by atoms with Crippen molar-refractivity contribution < 1.29 is 28.4 Å². The number of likely N-dealkylation sites (N-methyl/N-ethyl adjacent to an activating group) is 1. The van der Waals surface area contributed by atoms with E-state index in [1.807, 2.05) is 26.2 Å². The number of quaternary nitrogens is 1. The number of aliphatic hydroxyl groups excluding tert-OH is 1. The summed E-state index contributed by atoms with van der Waals surface area (Å²) < 4.78 is 15.3. The molecule has 162 valence electrons. The van der Waals surface area contributed by atoms with Crippen molar-refractivity contribution >= 4 is 14.2 Å². The van der Waals surface area contributed by atoms with Crippen molar-refractivity contribution in [1.29, 1.82) is 0 Å². The van der Waals surface area contributed by atoms with Crippen LogP contribution < -0.4 is 10.2 Å². The predicted octanol–water partition coefficient (Wildman–Crippen LogP) is 2.44. The van der Waals surface area contributed by atoms with E-state index in [4.69, 9.17) is 0 Å². The number of carbonyl (C=O) groups excluding carboxylic acids is 1. The fourth-order valence-electron chi connectivity index (χ4n) is 2.76. The van der Waals surface area contributed by atoms with Crippen LogP contribution in [0.1, 0.15) is 51.9 Å². The zero-order valence-electron chi connectivity index (χ0n) is 17.6. The molecule has 2 unspecified atom stereocenters. The Labute approximate surface area is 171 Å². The van der Waals surface area contributed by atoms with Gasteiger partial charge in [0.25, 0.3) is 0 Å². The molecule has 0 fully saturated rings. The number of carbonyl (C=O) groups is 1. The number of nitrogens with zero attached hydrogens (tertiary/aromatic N) is 1.